The Kier molecular flexibility index (Phi) is 4.94. The van der Waals surface area contributed by atoms with Gasteiger partial charge < -0.3 is 4.74 Å². The van der Waals surface area contributed by atoms with Gasteiger partial charge in [-0.1, -0.05) is 51.8 Å². The van der Waals surface area contributed by atoms with Crippen LogP contribution in [0.1, 0.15) is 0 Å². The molecule has 0 amide bonds. The second-order valence-electron chi connectivity index (χ2n) is 2.37. The van der Waals surface area contributed by atoms with Gasteiger partial charge in [0.15, 0.2) is 0 Å². The summed E-state index contributed by atoms with van der Waals surface area (Å²) in [6, 6.07) is 7.44. The van der Waals surface area contributed by atoms with E-state index < -0.39 is 0 Å². The fourth-order valence-electron chi connectivity index (χ4n) is 0.831. The van der Waals surface area contributed by atoms with Gasteiger partial charge in [-0.15, -0.1) is 0 Å². The molecule has 1 nitrogen and oxygen atoms in total. The Morgan fingerprint density at radius 1 is 1.31 bits per heavy atom. The quantitative estimate of drug-likeness (QED) is 0.593. The van der Waals surface area contributed by atoms with Crippen LogP contribution in [0.25, 0.3) is 0 Å². The average molecular weight is 262 g/mol. The van der Waals surface area contributed by atoms with Gasteiger partial charge in [0.05, 0.1) is 5.02 Å². The molecule has 0 bridgehead atoms. The molecule has 0 saturated carbocycles. The fourth-order valence-corrected chi connectivity index (χ4v) is 1.29. The molecule has 0 aliphatic rings. The van der Waals surface area contributed by atoms with Gasteiger partial charge >= 0.3 is 0 Å². The van der Waals surface area contributed by atoms with Crippen molar-refractivity contribution >= 4 is 27.5 Å². The molecular weight excluding hydrogens is 251 g/mol. The van der Waals surface area contributed by atoms with Crippen molar-refractivity contribution in [3.05, 3.63) is 41.4 Å². The maximum atomic E-state index is 5.88. The van der Waals surface area contributed by atoms with Crippen LogP contribution < -0.4 is 4.74 Å². The van der Waals surface area contributed by atoms with Gasteiger partial charge in [-0.25, -0.2) is 0 Å². The van der Waals surface area contributed by atoms with E-state index in [0.29, 0.717) is 11.6 Å². The van der Waals surface area contributed by atoms with Gasteiger partial charge in [0, 0.05) is 5.33 Å². The van der Waals surface area contributed by atoms with Crippen LogP contribution in [0.4, 0.5) is 0 Å². The molecule has 0 aliphatic heterocycles. The van der Waals surface area contributed by atoms with E-state index >= 15 is 0 Å². The van der Waals surface area contributed by atoms with Gasteiger partial charge in [-0.2, -0.15) is 0 Å². The summed E-state index contributed by atoms with van der Waals surface area (Å²) in [5, 5.41) is 1.49. The molecule has 0 aromatic heterocycles. The monoisotopic (exact) mass is 260 g/mol. The number of hydrogen-bond acceptors (Lipinski definition) is 1. The molecule has 1 aromatic rings. The van der Waals surface area contributed by atoms with Gasteiger partial charge in [0.1, 0.15) is 12.4 Å². The maximum Gasteiger partial charge on any atom is 0.138 e. The number of benzene rings is 1. The lowest BCUT2D eigenvalue weighted by Crippen LogP contribution is -1.93. The normalized spacial score (nSPS) is 10.6. The number of rotatable bonds is 4. The third kappa shape index (κ3) is 3.83. The van der Waals surface area contributed by atoms with Crippen LogP contribution >= 0.6 is 27.5 Å². The van der Waals surface area contributed by atoms with Crippen molar-refractivity contribution in [1.29, 1.82) is 0 Å². The molecule has 1 aromatic carbocycles. The summed E-state index contributed by atoms with van der Waals surface area (Å²) in [5.74, 6) is 0.725. The van der Waals surface area contributed by atoms with Crippen molar-refractivity contribution in [3.63, 3.8) is 0 Å². The van der Waals surface area contributed by atoms with Crippen LogP contribution in [0.2, 0.25) is 5.02 Å². The highest BCUT2D eigenvalue weighted by Crippen LogP contribution is 2.22. The second-order valence-corrected chi connectivity index (χ2v) is 3.42. The lowest BCUT2D eigenvalue weighted by atomic mass is 10.3. The summed E-state index contributed by atoms with van der Waals surface area (Å²) in [7, 11) is 0. The summed E-state index contributed by atoms with van der Waals surface area (Å²) >= 11 is 9.16. The molecule has 0 aliphatic carbocycles. The lowest BCUT2D eigenvalue weighted by molar-refractivity contribution is 0.363. The van der Waals surface area contributed by atoms with Crippen LogP contribution in [0.15, 0.2) is 36.4 Å². The van der Waals surface area contributed by atoms with E-state index in [0.717, 1.165) is 11.1 Å². The van der Waals surface area contributed by atoms with Crippen LogP contribution in [-0.4, -0.2) is 11.9 Å². The second kappa shape index (κ2) is 6.06. The van der Waals surface area contributed by atoms with E-state index in [1.807, 2.05) is 36.4 Å². The Hall–Kier alpha value is -0.470. The number of allylic oxidation sites excluding steroid dienone is 1. The predicted octanol–water partition coefficient (Wildman–Crippen LogP) is 3.67. The summed E-state index contributed by atoms with van der Waals surface area (Å²) < 4.78 is 5.40. The molecule has 0 spiro atoms. The number of hydrogen-bond donors (Lipinski definition) is 0. The van der Waals surface area contributed by atoms with Gasteiger partial charge in [0.25, 0.3) is 0 Å². The van der Waals surface area contributed by atoms with E-state index in [-0.39, 0.29) is 0 Å². The third-order valence-corrected chi connectivity index (χ3v) is 2.11. The molecule has 1 rings (SSSR count). The molecule has 70 valence electrons. The summed E-state index contributed by atoms with van der Waals surface area (Å²) in [5.41, 5.74) is 0. The van der Waals surface area contributed by atoms with E-state index in [1.165, 1.54) is 0 Å². The maximum absolute atomic E-state index is 5.88. The van der Waals surface area contributed by atoms with E-state index in [1.54, 1.807) is 0 Å². The average Bonchev–Trinajstić information content (AvgIpc) is 2.15. The molecular formula is C10H10BrClO. The van der Waals surface area contributed by atoms with Crippen LogP contribution in [0.5, 0.6) is 5.75 Å². The highest BCUT2D eigenvalue weighted by molar-refractivity contribution is 9.09. The zero-order chi connectivity index (χ0) is 9.52. The minimum absolute atomic E-state index is 0.551. The molecule has 0 saturated heterocycles. The first kappa shape index (κ1) is 10.6. The highest BCUT2D eigenvalue weighted by atomic mass is 79.9. The minimum atomic E-state index is 0.551. The largest absolute Gasteiger partial charge is 0.488 e. The Morgan fingerprint density at radius 3 is 2.77 bits per heavy atom. The zero-order valence-electron chi connectivity index (χ0n) is 7.04. The Balaban J connectivity index is 2.45. The standard InChI is InChI=1S/C10H10BrClO/c11-7-3-4-8-13-10-6-2-1-5-9(10)12/h1-6H,7-8H2/b4-3+. The van der Waals surface area contributed by atoms with Crippen molar-refractivity contribution in [2.45, 2.75) is 0 Å². The number of ether oxygens (including phenoxy) is 1. The van der Waals surface area contributed by atoms with Crippen molar-refractivity contribution in [2.75, 3.05) is 11.9 Å². The summed E-state index contributed by atoms with van der Waals surface area (Å²) in [6.45, 7) is 0.551. The van der Waals surface area contributed by atoms with Gasteiger partial charge in [-0.3, -0.25) is 0 Å². The minimum Gasteiger partial charge on any atom is -0.488 e. The number of para-hydroxylation sites is 1. The number of alkyl halides is 1. The van der Waals surface area contributed by atoms with Crippen molar-refractivity contribution in [2.24, 2.45) is 0 Å². The van der Waals surface area contributed by atoms with E-state index in [4.69, 9.17) is 16.3 Å². The molecule has 0 radical (unpaired) electrons. The lowest BCUT2D eigenvalue weighted by Gasteiger charge is -2.03. The number of halogens is 2. The SMILES string of the molecule is Clc1ccccc1OC/C=C/CBr. The molecule has 13 heavy (non-hydrogen) atoms. The van der Waals surface area contributed by atoms with Crippen molar-refractivity contribution in [3.8, 4) is 5.75 Å². The summed E-state index contributed by atoms with van der Waals surface area (Å²) in [6.07, 6.45) is 3.93. The first-order chi connectivity index (χ1) is 6.34. The third-order valence-electron chi connectivity index (χ3n) is 1.43. The highest BCUT2D eigenvalue weighted by Gasteiger charge is 1.96. The van der Waals surface area contributed by atoms with Crippen LogP contribution in [0.3, 0.4) is 0 Å². The predicted molar refractivity (Wildman–Crippen MR) is 59.9 cm³/mol. The van der Waals surface area contributed by atoms with Crippen LogP contribution in [0, 0.1) is 0 Å². The fraction of sp³-hybridized carbons (Fsp3) is 0.200. The molecule has 0 N–H and O–H groups in total. The topological polar surface area (TPSA) is 9.23 Å². The van der Waals surface area contributed by atoms with Gasteiger partial charge in [-0.05, 0) is 12.1 Å². The van der Waals surface area contributed by atoms with Crippen LogP contribution in [-0.2, 0) is 0 Å². The van der Waals surface area contributed by atoms with E-state index in [9.17, 15) is 0 Å². The van der Waals surface area contributed by atoms with Crippen molar-refractivity contribution in [1.82, 2.24) is 0 Å². The molecule has 3 heteroatoms. The van der Waals surface area contributed by atoms with Crippen molar-refractivity contribution < 1.29 is 4.74 Å². The summed E-state index contributed by atoms with van der Waals surface area (Å²) in [4.78, 5) is 0. The molecule has 0 fully saturated rings. The Labute approximate surface area is 91.5 Å². The molecule has 0 heterocycles. The molecule has 0 atom stereocenters. The Bertz CT molecular complexity index is 286. The van der Waals surface area contributed by atoms with Gasteiger partial charge in [0.2, 0.25) is 0 Å². The first-order valence-corrected chi connectivity index (χ1v) is 5.43. The smallest absolute Gasteiger partial charge is 0.138 e. The Morgan fingerprint density at radius 2 is 2.08 bits per heavy atom. The molecule has 0 unspecified atom stereocenters. The first-order valence-electron chi connectivity index (χ1n) is 3.93. The van der Waals surface area contributed by atoms with E-state index in [2.05, 4.69) is 15.9 Å². The zero-order valence-corrected chi connectivity index (χ0v) is 9.38.